The number of benzene rings is 3. The Labute approximate surface area is 210 Å². The summed E-state index contributed by atoms with van der Waals surface area (Å²) in [6, 6.07) is 17.3. The molecule has 0 aliphatic heterocycles. The molecule has 1 amide bonds. The van der Waals surface area contributed by atoms with Crippen LogP contribution in [0.25, 0.3) is 27.7 Å². The third-order valence-corrected chi connectivity index (χ3v) is 6.14. The maximum atomic E-state index is 12.7. The van der Waals surface area contributed by atoms with Gasteiger partial charge in [-0.1, -0.05) is 35.9 Å². The molecule has 5 nitrogen and oxygen atoms in total. The zero-order valence-corrected chi connectivity index (χ0v) is 21.0. The van der Waals surface area contributed by atoms with Crippen LogP contribution in [-0.4, -0.2) is 19.6 Å². The van der Waals surface area contributed by atoms with Crippen molar-refractivity contribution in [3.63, 3.8) is 0 Å². The SMILES string of the molecule is CCOc1c(/C(C)=C/C(=O)NCc2ccc(OC)cc2)cc2c(-c3ccc(Cl)cc3)coc2c1C. The number of amides is 1. The number of halogens is 1. The summed E-state index contributed by atoms with van der Waals surface area (Å²) in [5, 5.41) is 4.58. The van der Waals surface area contributed by atoms with Crippen LogP contribution in [0.4, 0.5) is 0 Å². The van der Waals surface area contributed by atoms with Gasteiger partial charge < -0.3 is 19.2 Å². The third-order valence-electron chi connectivity index (χ3n) is 5.89. The quantitative estimate of drug-likeness (QED) is 0.266. The van der Waals surface area contributed by atoms with E-state index in [-0.39, 0.29) is 5.91 Å². The molecular formula is C29H28ClNO4. The van der Waals surface area contributed by atoms with Crippen molar-refractivity contribution in [2.75, 3.05) is 13.7 Å². The van der Waals surface area contributed by atoms with E-state index >= 15 is 0 Å². The first-order chi connectivity index (χ1) is 16.9. The first-order valence-electron chi connectivity index (χ1n) is 11.4. The van der Waals surface area contributed by atoms with Gasteiger partial charge >= 0.3 is 0 Å². The molecule has 0 unspecified atom stereocenters. The van der Waals surface area contributed by atoms with E-state index in [1.807, 2.05) is 75.4 Å². The highest BCUT2D eigenvalue weighted by atomic mass is 35.5. The highest BCUT2D eigenvalue weighted by Crippen LogP contribution is 2.40. The Hall–Kier alpha value is -3.70. The minimum atomic E-state index is -0.177. The van der Waals surface area contributed by atoms with Gasteiger partial charge in [0.05, 0.1) is 20.0 Å². The molecule has 0 radical (unpaired) electrons. The molecule has 1 N–H and O–H groups in total. The molecule has 0 fully saturated rings. The van der Waals surface area contributed by atoms with Crippen molar-refractivity contribution in [1.82, 2.24) is 5.32 Å². The average molecular weight is 490 g/mol. The summed E-state index contributed by atoms with van der Waals surface area (Å²) < 4.78 is 17.1. The van der Waals surface area contributed by atoms with Crippen molar-refractivity contribution in [1.29, 1.82) is 0 Å². The van der Waals surface area contributed by atoms with Crippen molar-refractivity contribution in [2.45, 2.75) is 27.3 Å². The summed E-state index contributed by atoms with van der Waals surface area (Å²) in [7, 11) is 1.63. The van der Waals surface area contributed by atoms with Crippen molar-refractivity contribution < 1.29 is 18.7 Å². The number of aryl methyl sites for hydroxylation is 1. The monoisotopic (exact) mass is 489 g/mol. The Morgan fingerprint density at radius 2 is 1.83 bits per heavy atom. The molecule has 1 aromatic heterocycles. The molecule has 0 atom stereocenters. The second kappa shape index (κ2) is 10.7. The Balaban J connectivity index is 1.66. The maximum Gasteiger partial charge on any atom is 0.244 e. The second-order valence-corrected chi connectivity index (χ2v) is 8.67. The predicted octanol–water partition coefficient (Wildman–Crippen LogP) is 7.19. The molecular weight excluding hydrogens is 462 g/mol. The number of hydrogen-bond donors (Lipinski definition) is 1. The Morgan fingerprint density at radius 3 is 2.49 bits per heavy atom. The van der Waals surface area contributed by atoms with Gasteiger partial charge in [-0.2, -0.15) is 0 Å². The number of carbonyl (C=O) groups is 1. The molecule has 0 saturated heterocycles. The van der Waals surface area contributed by atoms with Crippen LogP contribution in [-0.2, 0) is 11.3 Å². The first kappa shape index (κ1) is 24.4. The van der Waals surface area contributed by atoms with Crippen LogP contribution in [0.3, 0.4) is 0 Å². The smallest absolute Gasteiger partial charge is 0.244 e. The zero-order valence-electron chi connectivity index (χ0n) is 20.3. The molecule has 0 saturated carbocycles. The number of carbonyl (C=O) groups excluding carboxylic acids is 1. The Morgan fingerprint density at radius 1 is 1.11 bits per heavy atom. The lowest BCUT2D eigenvalue weighted by Crippen LogP contribution is -2.20. The molecule has 35 heavy (non-hydrogen) atoms. The standard InChI is InChI=1S/C29H28ClNO4/c1-5-34-28-19(3)29-25(26(17-35-29)21-8-10-22(30)11-9-21)15-24(28)18(2)14-27(32)31-16-20-6-12-23(33-4)13-7-20/h6-15,17H,5,16H2,1-4H3,(H,31,32)/b18-14+. The van der Waals surface area contributed by atoms with Gasteiger partial charge in [0, 0.05) is 39.7 Å². The topological polar surface area (TPSA) is 60.7 Å². The second-order valence-electron chi connectivity index (χ2n) is 8.24. The van der Waals surface area contributed by atoms with E-state index in [0.29, 0.717) is 23.9 Å². The largest absolute Gasteiger partial charge is 0.497 e. The van der Waals surface area contributed by atoms with Gasteiger partial charge in [-0.05, 0) is 67.8 Å². The number of methoxy groups -OCH3 is 1. The Kier molecular flexibility index (Phi) is 7.47. The van der Waals surface area contributed by atoms with Crippen LogP contribution in [0, 0.1) is 6.92 Å². The lowest BCUT2D eigenvalue weighted by molar-refractivity contribution is -0.116. The first-order valence-corrected chi connectivity index (χ1v) is 11.8. The van der Waals surface area contributed by atoms with E-state index < -0.39 is 0 Å². The highest BCUT2D eigenvalue weighted by Gasteiger charge is 2.19. The van der Waals surface area contributed by atoms with E-state index in [1.165, 1.54) is 0 Å². The summed E-state index contributed by atoms with van der Waals surface area (Å²) in [5.74, 6) is 1.32. The molecule has 1 heterocycles. The van der Waals surface area contributed by atoms with E-state index in [0.717, 1.165) is 50.1 Å². The fourth-order valence-corrected chi connectivity index (χ4v) is 4.18. The highest BCUT2D eigenvalue weighted by molar-refractivity contribution is 6.30. The van der Waals surface area contributed by atoms with Gasteiger partial charge in [-0.3, -0.25) is 4.79 Å². The van der Waals surface area contributed by atoms with Gasteiger partial charge in [0.15, 0.2) is 0 Å². The van der Waals surface area contributed by atoms with Gasteiger partial charge in [0.1, 0.15) is 17.1 Å². The summed E-state index contributed by atoms with van der Waals surface area (Å²) in [5.41, 5.74) is 6.26. The van der Waals surface area contributed by atoms with Crippen LogP contribution < -0.4 is 14.8 Å². The van der Waals surface area contributed by atoms with E-state index in [4.69, 9.17) is 25.5 Å². The van der Waals surface area contributed by atoms with Gasteiger partial charge in [0.2, 0.25) is 5.91 Å². The van der Waals surface area contributed by atoms with Gasteiger partial charge in [-0.25, -0.2) is 0 Å². The molecule has 0 spiro atoms. The van der Waals surface area contributed by atoms with E-state index in [1.54, 1.807) is 19.4 Å². The molecule has 4 aromatic rings. The van der Waals surface area contributed by atoms with Crippen molar-refractivity contribution in [3.05, 3.63) is 88.6 Å². The number of furan rings is 1. The van der Waals surface area contributed by atoms with Crippen molar-refractivity contribution in [2.24, 2.45) is 0 Å². The molecule has 0 aliphatic carbocycles. The number of allylic oxidation sites excluding steroid dienone is 1. The van der Waals surface area contributed by atoms with Crippen molar-refractivity contribution >= 4 is 34.1 Å². The number of hydrogen-bond acceptors (Lipinski definition) is 4. The van der Waals surface area contributed by atoms with Crippen LogP contribution in [0.15, 0.2) is 71.4 Å². The summed E-state index contributed by atoms with van der Waals surface area (Å²) in [6.45, 7) is 6.75. The lowest BCUT2D eigenvalue weighted by atomic mass is 9.96. The van der Waals surface area contributed by atoms with E-state index in [9.17, 15) is 4.79 Å². The number of ether oxygens (including phenoxy) is 2. The molecule has 0 aliphatic rings. The fourth-order valence-electron chi connectivity index (χ4n) is 4.05. The zero-order chi connectivity index (χ0) is 24.9. The maximum absolute atomic E-state index is 12.7. The molecule has 6 heteroatoms. The van der Waals surface area contributed by atoms with Crippen LogP contribution in [0.1, 0.15) is 30.5 Å². The minimum absolute atomic E-state index is 0.177. The number of nitrogens with one attached hydrogen (secondary N) is 1. The fraction of sp³-hybridized carbons (Fsp3) is 0.207. The Bertz CT molecular complexity index is 1370. The summed E-state index contributed by atoms with van der Waals surface area (Å²) in [6.07, 6.45) is 3.36. The number of fused-ring (bicyclic) bond motifs is 1. The lowest BCUT2D eigenvalue weighted by Gasteiger charge is -2.15. The predicted molar refractivity (Wildman–Crippen MR) is 141 cm³/mol. The number of rotatable bonds is 8. The van der Waals surface area contributed by atoms with Crippen LogP contribution >= 0.6 is 11.6 Å². The normalized spacial score (nSPS) is 11.5. The van der Waals surface area contributed by atoms with Gasteiger partial charge in [0.25, 0.3) is 0 Å². The average Bonchev–Trinajstić information content (AvgIpc) is 3.29. The van der Waals surface area contributed by atoms with Crippen molar-refractivity contribution in [3.8, 4) is 22.6 Å². The molecule has 180 valence electrons. The summed E-state index contributed by atoms with van der Waals surface area (Å²) >= 11 is 6.07. The van der Waals surface area contributed by atoms with Crippen LogP contribution in [0.5, 0.6) is 11.5 Å². The molecule has 3 aromatic carbocycles. The molecule has 0 bridgehead atoms. The summed E-state index contributed by atoms with van der Waals surface area (Å²) in [4.78, 5) is 12.7. The third kappa shape index (κ3) is 5.36. The van der Waals surface area contributed by atoms with Gasteiger partial charge in [-0.15, -0.1) is 0 Å². The van der Waals surface area contributed by atoms with Crippen LogP contribution in [0.2, 0.25) is 5.02 Å². The van der Waals surface area contributed by atoms with E-state index in [2.05, 4.69) is 5.32 Å². The molecule has 4 rings (SSSR count). The minimum Gasteiger partial charge on any atom is -0.497 e.